The van der Waals surface area contributed by atoms with Crippen LogP contribution in [-0.4, -0.2) is 47.9 Å². The van der Waals surface area contributed by atoms with Crippen LogP contribution in [0.4, 0.5) is 5.13 Å². The molecule has 4 rings (SSSR count). The van der Waals surface area contributed by atoms with Gasteiger partial charge in [0, 0.05) is 50.4 Å². The summed E-state index contributed by atoms with van der Waals surface area (Å²) in [5.41, 5.74) is 3.61. The first-order valence-electron chi connectivity index (χ1n) is 10.9. The SMILES string of the molecule is CCc1ccc(CNC(=O)C2CCc3nc(N4CCN(C(C)=O)CC4)sc3C2)cc1. The molecule has 7 heteroatoms. The fourth-order valence-electron chi connectivity index (χ4n) is 4.16. The molecule has 1 aliphatic heterocycles. The Kier molecular flexibility index (Phi) is 6.37. The molecule has 2 aromatic rings. The molecule has 2 aliphatic rings. The molecule has 1 atom stereocenters. The summed E-state index contributed by atoms with van der Waals surface area (Å²) in [6, 6.07) is 8.45. The molecule has 6 nitrogen and oxygen atoms in total. The maximum Gasteiger partial charge on any atom is 0.223 e. The number of aromatic nitrogens is 1. The van der Waals surface area contributed by atoms with E-state index in [2.05, 4.69) is 41.4 Å². The summed E-state index contributed by atoms with van der Waals surface area (Å²) in [5.74, 6) is 0.309. The van der Waals surface area contributed by atoms with Crippen LogP contribution in [0, 0.1) is 5.92 Å². The van der Waals surface area contributed by atoms with Crippen molar-refractivity contribution < 1.29 is 9.59 Å². The topological polar surface area (TPSA) is 65.5 Å². The number of thiazole rings is 1. The maximum atomic E-state index is 12.7. The smallest absolute Gasteiger partial charge is 0.223 e. The minimum Gasteiger partial charge on any atom is -0.352 e. The molecule has 0 bridgehead atoms. The van der Waals surface area contributed by atoms with E-state index in [0.29, 0.717) is 6.54 Å². The second-order valence-electron chi connectivity index (χ2n) is 8.19. The number of nitrogens with zero attached hydrogens (tertiary/aromatic N) is 3. The van der Waals surface area contributed by atoms with Crippen LogP contribution in [0.15, 0.2) is 24.3 Å². The van der Waals surface area contributed by atoms with E-state index in [-0.39, 0.29) is 17.7 Å². The van der Waals surface area contributed by atoms with Crippen molar-refractivity contribution in [3.63, 3.8) is 0 Å². The van der Waals surface area contributed by atoms with E-state index in [1.54, 1.807) is 18.3 Å². The summed E-state index contributed by atoms with van der Waals surface area (Å²) in [6.45, 7) is 7.52. The van der Waals surface area contributed by atoms with Gasteiger partial charge in [0.05, 0.1) is 5.69 Å². The summed E-state index contributed by atoms with van der Waals surface area (Å²) in [4.78, 5) is 34.5. The Morgan fingerprint density at radius 3 is 2.50 bits per heavy atom. The van der Waals surface area contributed by atoms with E-state index in [1.807, 2.05) is 4.90 Å². The number of aryl methyl sites for hydroxylation is 2. The van der Waals surface area contributed by atoms with Gasteiger partial charge < -0.3 is 15.1 Å². The molecule has 160 valence electrons. The number of nitrogens with one attached hydrogen (secondary N) is 1. The maximum absolute atomic E-state index is 12.7. The fourth-order valence-corrected chi connectivity index (χ4v) is 5.40. The first-order valence-corrected chi connectivity index (χ1v) is 11.7. The van der Waals surface area contributed by atoms with Crippen molar-refractivity contribution in [1.82, 2.24) is 15.2 Å². The highest BCUT2D eigenvalue weighted by atomic mass is 32.1. The van der Waals surface area contributed by atoms with Crippen LogP contribution < -0.4 is 10.2 Å². The molecular formula is C23H30N4O2S. The van der Waals surface area contributed by atoms with Crippen LogP contribution in [0.2, 0.25) is 0 Å². The van der Waals surface area contributed by atoms with E-state index < -0.39 is 0 Å². The molecule has 2 amide bonds. The van der Waals surface area contributed by atoms with Gasteiger partial charge in [-0.3, -0.25) is 9.59 Å². The van der Waals surface area contributed by atoms with Gasteiger partial charge in [0.2, 0.25) is 11.8 Å². The summed E-state index contributed by atoms with van der Waals surface area (Å²) in [5, 5.41) is 4.16. The Morgan fingerprint density at radius 2 is 1.83 bits per heavy atom. The average molecular weight is 427 g/mol. The molecule has 0 radical (unpaired) electrons. The Morgan fingerprint density at radius 1 is 1.13 bits per heavy atom. The summed E-state index contributed by atoms with van der Waals surface area (Å²) >= 11 is 1.72. The predicted octanol–water partition coefficient (Wildman–Crippen LogP) is 2.80. The number of hydrogen-bond acceptors (Lipinski definition) is 5. The lowest BCUT2D eigenvalue weighted by Gasteiger charge is -2.33. The van der Waals surface area contributed by atoms with Gasteiger partial charge in [-0.05, 0) is 36.8 Å². The molecule has 1 fully saturated rings. The molecule has 1 unspecified atom stereocenters. The lowest BCUT2D eigenvalue weighted by molar-refractivity contribution is -0.129. The van der Waals surface area contributed by atoms with Gasteiger partial charge in [0.25, 0.3) is 0 Å². The van der Waals surface area contributed by atoms with E-state index >= 15 is 0 Å². The summed E-state index contributed by atoms with van der Waals surface area (Å²) in [7, 11) is 0. The zero-order chi connectivity index (χ0) is 21.1. The van der Waals surface area contributed by atoms with Gasteiger partial charge in [-0.25, -0.2) is 4.98 Å². The average Bonchev–Trinajstić information content (AvgIpc) is 3.21. The number of rotatable bonds is 5. The molecule has 1 aliphatic carbocycles. The van der Waals surface area contributed by atoms with Crippen LogP contribution in [-0.2, 0) is 35.4 Å². The Hall–Kier alpha value is -2.41. The Labute approximate surface area is 182 Å². The van der Waals surface area contributed by atoms with Gasteiger partial charge in [-0.2, -0.15) is 0 Å². The van der Waals surface area contributed by atoms with Crippen molar-refractivity contribution in [3.05, 3.63) is 46.0 Å². The fraction of sp³-hybridized carbons (Fsp3) is 0.522. The first-order chi connectivity index (χ1) is 14.5. The van der Waals surface area contributed by atoms with Gasteiger partial charge in [-0.1, -0.05) is 31.2 Å². The number of hydrogen-bond donors (Lipinski definition) is 1. The second-order valence-corrected chi connectivity index (χ2v) is 9.25. The largest absolute Gasteiger partial charge is 0.352 e. The van der Waals surface area contributed by atoms with E-state index in [9.17, 15) is 9.59 Å². The minimum absolute atomic E-state index is 0.0234. The molecular weight excluding hydrogens is 396 g/mol. The normalized spacial score (nSPS) is 18.8. The third-order valence-corrected chi connectivity index (χ3v) is 7.37. The van der Waals surface area contributed by atoms with Crippen molar-refractivity contribution in [2.75, 3.05) is 31.1 Å². The number of anilines is 1. The molecule has 0 saturated carbocycles. The quantitative estimate of drug-likeness (QED) is 0.799. The van der Waals surface area contributed by atoms with Gasteiger partial charge in [-0.15, -0.1) is 11.3 Å². The van der Waals surface area contributed by atoms with Gasteiger partial charge >= 0.3 is 0 Å². The monoisotopic (exact) mass is 426 g/mol. The number of fused-ring (bicyclic) bond motifs is 1. The summed E-state index contributed by atoms with van der Waals surface area (Å²) < 4.78 is 0. The zero-order valence-electron chi connectivity index (χ0n) is 17.8. The van der Waals surface area contributed by atoms with Crippen LogP contribution in [0.3, 0.4) is 0 Å². The molecule has 0 spiro atoms. The molecule has 30 heavy (non-hydrogen) atoms. The molecule has 1 saturated heterocycles. The Bertz CT molecular complexity index is 900. The zero-order valence-corrected chi connectivity index (χ0v) is 18.6. The highest BCUT2D eigenvalue weighted by molar-refractivity contribution is 7.15. The highest BCUT2D eigenvalue weighted by Crippen LogP contribution is 2.34. The lowest BCUT2D eigenvalue weighted by atomic mass is 9.90. The number of carbonyl (C=O) groups excluding carboxylic acids is 2. The van der Waals surface area contributed by atoms with E-state index in [4.69, 9.17) is 4.98 Å². The van der Waals surface area contributed by atoms with Crippen LogP contribution >= 0.6 is 11.3 Å². The summed E-state index contributed by atoms with van der Waals surface area (Å²) in [6.07, 6.45) is 3.53. The molecule has 1 aromatic carbocycles. The van der Waals surface area contributed by atoms with Crippen molar-refractivity contribution in [2.24, 2.45) is 5.92 Å². The first kappa shape index (κ1) is 20.8. The highest BCUT2D eigenvalue weighted by Gasteiger charge is 2.29. The minimum atomic E-state index is 0.0234. The van der Waals surface area contributed by atoms with E-state index in [1.165, 1.54) is 10.4 Å². The van der Waals surface area contributed by atoms with Gasteiger partial charge in [0.15, 0.2) is 5.13 Å². The third kappa shape index (κ3) is 4.67. The van der Waals surface area contributed by atoms with Crippen molar-refractivity contribution in [2.45, 2.75) is 46.1 Å². The molecule has 1 N–H and O–H groups in total. The number of piperazine rings is 1. The van der Waals surface area contributed by atoms with Crippen molar-refractivity contribution in [1.29, 1.82) is 0 Å². The number of amides is 2. The van der Waals surface area contributed by atoms with Gasteiger partial charge in [0.1, 0.15) is 0 Å². The second kappa shape index (κ2) is 9.16. The lowest BCUT2D eigenvalue weighted by Crippen LogP contribution is -2.48. The predicted molar refractivity (Wildman–Crippen MR) is 120 cm³/mol. The van der Waals surface area contributed by atoms with Crippen molar-refractivity contribution in [3.8, 4) is 0 Å². The molecule has 2 heterocycles. The third-order valence-electron chi connectivity index (χ3n) is 6.19. The van der Waals surface area contributed by atoms with E-state index in [0.717, 1.165) is 68.3 Å². The van der Waals surface area contributed by atoms with Crippen LogP contribution in [0.1, 0.15) is 42.0 Å². The van der Waals surface area contributed by atoms with Crippen molar-refractivity contribution >= 4 is 28.3 Å². The number of benzene rings is 1. The standard InChI is InChI=1S/C23H30N4O2S/c1-3-17-4-6-18(7-5-17)15-24-22(29)19-8-9-20-21(14-19)30-23(25-20)27-12-10-26(11-13-27)16(2)28/h4-7,19H,3,8-15H2,1-2H3,(H,24,29). The van der Waals surface area contributed by atoms with Crippen LogP contribution in [0.25, 0.3) is 0 Å². The Balaban J connectivity index is 1.32. The van der Waals surface area contributed by atoms with Crippen LogP contribution in [0.5, 0.6) is 0 Å². The molecule has 1 aromatic heterocycles. The number of carbonyl (C=O) groups is 2.